The van der Waals surface area contributed by atoms with E-state index in [0.717, 1.165) is 38.5 Å². The van der Waals surface area contributed by atoms with Crippen molar-refractivity contribution in [2.75, 3.05) is 0 Å². The Hall–Kier alpha value is -1.55. The molecule has 0 spiro atoms. The third kappa shape index (κ3) is 22.9. The molecule has 0 aliphatic heterocycles. The molecule has 0 fully saturated rings. The van der Waals surface area contributed by atoms with Crippen molar-refractivity contribution >= 4 is 21.5 Å². The van der Waals surface area contributed by atoms with Crippen LogP contribution in [0.4, 0.5) is 0 Å². The van der Waals surface area contributed by atoms with Gasteiger partial charge >= 0.3 is 52.4 Å². The number of rotatable bonds is 6. The van der Waals surface area contributed by atoms with Crippen molar-refractivity contribution in [3.05, 3.63) is 172 Å². The molecule has 0 bridgehead atoms. The molecule has 0 N–H and O–H groups in total. The second-order valence-corrected chi connectivity index (χ2v) is 9.59. The Morgan fingerprint density at radius 3 is 1.24 bits per heavy atom. The average molecular weight is 808 g/mol. The molecule has 0 unspecified atom stereocenters. The Labute approximate surface area is 332 Å². The Bertz CT molecular complexity index is 1240. The van der Waals surface area contributed by atoms with E-state index in [1.54, 1.807) is 0 Å². The van der Waals surface area contributed by atoms with Crippen LogP contribution in [0, 0.1) is 26.0 Å². The first kappa shape index (κ1) is 51.3. The fourth-order valence-electron chi connectivity index (χ4n) is 3.78. The minimum absolute atomic E-state index is 0. The largest absolute Gasteiger partial charge is 4.00 e. The van der Waals surface area contributed by atoms with Crippen molar-refractivity contribution < 1.29 is 77.2 Å². The Morgan fingerprint density at radius 2 is 1.00 bits per heavy atom. The van der Waals surface area contributed by atoms with Crippen molar-refractivity contribution in [3.8, 4) is 0 Å². The minimum atomic E-state index is 0. The number of hydrogen-bond acceptors (Lipinski definition) is 0. The van der Waals surface area contributed by atoms with Crippen molar-refractivity contribution in [1.82, 2.24) is 0 Å². The first-order valence-electron chi connectivity index (χ1n) is 15.2. The molecule has 46 heavy (non-hydrogen) atoms. The molecule has 0 radical (unpaired) electrons. The maximum atomic E-state index is 3.74. The van der Waals surface area contributed by atoms with Crippen LogP contribution in [0.3, 0.4) is 0 Å². The summed E-state index contributed by atoms with van der Waals surface area (Å²) in [6.07, 6.45) is 30.4. The van der Waals surface area contributed by atoms with Gasteiger partial charge in [-0.2, -0.15) is 37.1 Å². The summed E-state index contributed by atoms with van der Waals surface area (Å²) in [4.78, 5) is 0. The van der Waals surface area contributed by atoms with Gasteiger partial charge in [-0.05, 0) is 12.8 Å². The molecule has 0 atom stereocenters. The van der Waals surface area contributed by atoms with Crippen LogP contribution in [0.15, 0.2) is 135 Å². The molecule has 4 aromatic rings. The van der Waals surface area contributed by atoms with E-state index in [9.17, 15) is 0 Å². The molecular weight excluding hydrogens is 758 g/mol. The van der Waals surface area contributed by atoms with Gasteiger partial charge in [-0.1, -0.05) is 51.0 Å². The average Bonchev–Trinajstić information content (AvgIpc) is 3.88. The molecule has 0 amide bonds. The first-order chi connectivity index (χ1) is 20.7. The monoisotopic (exact) mass is 804 g/mol. The molecule has 240 valence electrons. The van der Waals surface area contributed by atoms with Crippen molar-refractivity contribution in [3.63, 3.8) is 0 Å². The van der Waals surface area contributed by atoms with Crippen LogP contribution in [0.25, 0.3) is 21.5 Å². The van der Waals surface area contributed by atoms with Crippen LogP contribution in [-0.2, 0) is 65.2 Å². The Morgan fingerprint density at radius 1 is 0.652 bits per heavy atom. The summed E-state index contributed by atoms with van der Waals surface area (Å²) in [5.41, 5.74) is 2.75. The summed E-state index contributed by atoms with van der Waals surface area (Å²) in [6, 6.07) is 25.6. The smallest absolute Gasteiger partial charge is 1.00 e. The number of halogens is 2. The van der Waals surface area contributed by atoms with Crippen LogP contribution in [0.5, 0.6) is 0 Å². The van der Waals surface area contributed by atoms with Crippen LogP contribution in [0.2, 0.25) is 0 Å². The zero-order valence-corrected chi connectivity index (χ0v) is 34.2. The molecule has 0 saturated heterocycles. The quantitative estimate of drug-likeness (QED) is 0.156. The topological polar surface area (TPSA) is 0 Å². The van der Waals surface area contributed by atoms with Gasteiger partial charge in [-0.15, -0.1) is 107 Å². The number of hydrogen-bond donors (Lipinski definition) is 0. The van der Waals surface area contributed by atoms with Crippen LogP contribution >= 0.6 is 0 Å². The second-order valence-electron chi connectivity index (χ2n) is 9.59. The maximum Gasteiger partial charge on any atom is 4.00 e. The molecule has 2 aliphatic carbocycles. The van der Waals surface area contributed by atoms with Crippen molar-refractivity contribution in [2.24, 2.45) is 0 Å². The van der Waals surface area contributed by atoms with E-state index in [0.29, 0.717) is 0 Å². The maximum absolute atomic E-state index is 3.74. The SMILES string of the molecule is C=CC[c-]1ccc2ccccc21.C=CC[c-]1ccc2ccccc21.[C-]1=CC=CC1.[C-]1=CC=CC1.[CH2-]CCC.[CH2-]CCC.[Cl-].[Cl-].[Zr+4].[Zr+4]. The number of allylic oxidation sites excluding steroid dienone is 10. The zero-order chi connectivity index (χ0) is 30.7. The van der Waals surface area contributed by atoms with Gasteiger partial charge in [0.2, 0.25) is 0 Å². The van der Waals surface area contributed by atoms with E-state index >= 15 is 0 Å². The Kier molecular flexibility index (Phi) is 40.5. The summed E-state index contributed by atoms with van der Waals surface area (Å²) in [5.74, 6) is 0. The fourth-order valence-corrected chi connectivity index (χ4v) is 3.78. The first-order valence-corrected chi connectivity index (χ1v) is 15.2. The number of benzene rings is 2. The van der Waals surface area contributed by atoms with Crippen LogP contribution in [0.1, 0.15) is 63.5 Å². The molecule has 2 aliphatic rings. The van der Waals surface area contributed by atoms with Crippen LogP contribution in [-0.4, -0.2) is 0 Å². The molecule has 0 heterocycles. The molecule has 0 nitrogen and oxygen atoms in total. The van der Waals surface area contributed by atoms with Crippen LogP contribution < -0.4 is 24.8 Å². The van der Waals surface area contributed by atoms with E-state index in [4.69, 9.17) is 0 Å². The summed E-state index contributed by atoms with van der Waals surface area (Å²) >= 11 is 0. The van der Waals surface area contributed by atoms with E-state index in [-0.39, 0.29) is 77.2 Å². The molecule has 0 saturated carbocycles. The summed E-state index contributed by atoms with van der Waals surface area (Å²) < 4.78 is 0. The van der Waals surface area contributed by atoms with Gasteiger partial charge in [0.05, 0.1) is 0 Å². The van der Waals surface area contributed by atoms with Crippen molar-refractivity contribution in [1.29, 1.82) is 0 Å². The van der Waals surface area contributed by atoms with E-state index in [2.05, 4.69) is 138 Å². The number of unbranched alkanes of at least 4 members (excludes halogenated alkanes) is 2. The molecule has 4 aromatic carbocycles. The molecule has 0 aromatic heterocycles. The Balaban J connectivity index is -0.000000242. The predicted octanol–water partition coefficient (Wildman–Crippen LogP) is 6.43. The molecular formula is C42H50Cl2Zr2. The van der Waals surface area contributed by atoms with E-state index in [1.807, 2.05) is 36.5 Å². The van der Waals surface area contributed by atoms with Gasteiger partial charge in [0.1, 0.15) is 0 Å². The van der Waals surface area contributed by atoms with Gasteiger partial charge in [0.25, 0.3) is 0 Å². The van der Waals surface area contributed by atoms with Crippen molar-refractivity contribution in [2.45, 2.75) is 65.2 Å². The minimum Gasteiger partial charge on any atom is -1.00 e. The third-order valence-electron chi connectivity index (χ3n) is 6.15. The summed E-state index contributed by atoms with van der Waals surface area (Å²) in [7, 11) is 0. The molecule has 6 rings (SSSR count). The molecule has 4 heteroatoms. The standard InChI is InChI=1S/2C12H11.2C5H5.2C4H9.2ClH.2Zr/c2*1-2-5-10-8-9-11-6-3-4-7-12(10)11;2*1-2-4-5-3-1;2*1-3-4-2;;;;/h2*2-4,6-9H,1,5H2;2*1-3H,4H2;2*1,3-4H2,2H3;2*1H;;/q6*-1;;;2*+4/p-2. The fraction of sp³-hybridized carbons (Fsp3) is 0.238. The van der Waals surface area contributed by atoms with Gasteiger partial charge in [0, 0.05) is 0 Å². The van der Waals surface area contributed by atoms with Gasteiger partial charge in [-0.25, -0.2) is 24.3 Å². The van der Waals surface area contributed by atoms with E-state index < -0.39 is 0 Å². The zero-order valence-electron chi connectivity index (χ0n) is 27.8. The summed E-state index contributed by atoms with van der Waals surface area (Å²) in [6.45, 7) is 18.9. The second kappa shape index (κ2) is 36.3. The van der Waals surface area contributed by atoms with Gasteiger partial charge in [-0.3, -0.25) is 12.2 Å². The third-order valence-corrected chi connectivity index (χ3v) is 6.15. The van der Waals surface area contributed by atoms with Gasteiger partial charge in [0.15, 0.2) is 0 Å². The predicted molar refractivity (Wildman–Crippen MR) is 191 cm³/mol. The number of fused-ring (bicyclic) bond motifs is 2. The van der Waals surface area contributed by atoms with Gasteiger partial charge < -0.3 is 38.7 Å². The summed E-state index contributed by atoms with van der Waals surface area (Å²) in [5, 5.41) is 5.37. The normalized spacial score (nSPS) is 10.5. The van der Waals surface area contributed by atoms with E-state index in [1.165, 1.54) is 45.5 Å².